The predicted octanol–water partition coefficient (Wildman–Crippen LogP) is 6.81. The number of para-hydroxylation sites is 1. The largest absolute Gasteiger partial charge is 0.508 e. The molecule has 0 spiro atoms. The maximum absolute atomic E-state index is 10.7. The first-order chi connectivity index (χ1) is 18.1. The highest BCUT2D eigenvalue weighted by atomic mass is 16.5. The Hall–Kier alpha value is -2.63. The van der Waals surface area contributed by atoms with Crippen molar-refractivity contribution >= 4 is 0 Å². The fourth-order valence-corrected chi connectivity index (χ4v) is 7.22. The first-order valence-electron chi connectivity index (χ1n) is 14.3. The van der Waals surface area contributed by atoms with Crippen molar-refractivity contribution in [3.8, 4) is 5.75 Å². The number of phenols is 1. The number of benzene rings is 2. The summed E-state index contributed by atoms with van der Waals surface area (Å²) in [6.45, 7) is 6.08. The average Bonchev–Trinajstić information content (AvgIpc) is 3.39. The van der Waals surface area contributed by atoms with Gasteiger partial charge in [-0.05, 0) is 30.4 Å². The Morgan fingerprint density at radius 3 is 2.38 bits per heavy atom. The fourth-order valence-electron chi connectivity index (χ4n) is 7.22. The molecule has 3 aromatic rings. The van der Waals surface area contributed by atoms with Crippen LogP contribution in [-0.4, -0.2) is 40.8 Å². The number of rotatable bonds is 9. The Bertz CT molecular complexity index is 1140. The molecular weight excluding hydrogens is 460 g/mol. The van der Waals surface area contributed by atoms with Crippen LogP contribution in [0.2, 0.25) is 0 Å². The van der Waals surface area contributed by atoms with Crippen molar-refractivity contribution in [2.24, 2.45) is 11.3 Å². The molecule has 4 heterocycles. The van der Waals surface area contributed by atoms with Crippen LogP contribution in [-0.2, 0) is 17.9 Å². The maximum atomic E-state index is 10.7. The van der Waals surface area contributed by atoms with Gasteiger partial charge in [0.15, 0.2) is 5.76 Å². The third kappa shape index (κ3) is 5.35. The van der Waals surface area contributed by atoms with Crippen LogP contribution < -0.4 is 0 Å². The van der Waals surface area contributed by atoms with Crippen molar-refractivity contribution in [1.29, 1.82) is 0 Å². The highest BCUT2D eigenvalue weighted by Gasteiger charge is 2.49. The molecule has 2 bridgehead atoms. The Morgan fingerprint density at radius 1 is 0.946 bits per heavy atom. The molecule has 37 heavy (non-hydrogen) atoms. The van der Waals surface area contributed by atoms with Crippen LogP contribution in [0.4, 0.5) is 0 Å². The van der Waals surface area contributed by atoms with Crippen LogP contribution in [0.15, 0.2) is 65.2 Å². The number of nitrogens with zero attached hydrogens (tertiary/aromatic N) is 2. The zero-order valence-corrected chi connectivity index (χ0v) is 22.0. The second-order valence-electron chi connectivity index (χ2n) is 12.0. The van der Waals surface area contributed by atoms with Gasteiger partial charge in [-0.1, -0.05) is 67.8 Å². The summed E-state index contributed by atoms with van der Waals surface area (Å²) in [5.41, 5.74) is 2.57. The lowest BCUT2D eigenvalue weighted by molar-refractivity contribution is -0.958. The zero-order chi connectivity index (χ0) is 25.1. The zero-order valence-electron chi connectivity index (χ0n) is 22.0. The van der Waals surface area contributed by atoms with Crippen LogP contribution in [0, 0.1) is 11.3 Å². The summed E-state index contributed by atoms with van der Waals surface area (Å²) < 4.78 is 13.9. The minimum atomic E-state index is 0.0346. The van der Waals surface area contributed by atoms with Gasteiger partial charge in [-0.15, -0.1) is 0 Å². The fraction of sp³-hybridized carbons (Fsp3) is 0.531. The average molecular weight is 502 g/mol. The van der Waals surface area contributed by atoms with E-state index < -0.39 is 0 Å². The summed E-state index contributed by atoms with van der Waals surface area (Å²) in [6.07, 6.45) is 11.8. The van der Waals surface area contributed by atoms with E-state index in [4.69, 9.17) is 14.1 Å². The summed E-state index contributed by atoms with van der Waals surface area (Å²) in [6, 6.07) is 18.3. The second kappa shape index (κ2) is 10.6. The van der Waals surface area contributed by atoms with Crippen LogP contribution in [0.25, 0.3) is 0 Å². The number of hydrogen-bond acceptors (Lipinski definition) is 4. The quantitative estimate of drug-likeness (QED) is 0.327. The number of oxazole rings is 1. The van der Waals surface area contributed by atoms with E-state index in [-0.39, 0.29) is 5.92 Å². The molecule has 0 unspecified atom stereocenters. The number of ether oxygens (including phenoxy) is 1. The van der Waals surface area contributed by atoms with E-state index in [9.17, 15) is 5.11 Å². The SMILES string of the molecule is Oc1ccccc1[C@H](c1ncc(C[N+]23CCC(COCc4ccccc4)(CC2)CC3)o1)C1CCCCC1. The number of fused-ring (bicyclic) bond motifs is 3. The van der Waals surface area contributed by atoms with Crippen molar-refractivity contribution in [2.45, 2.75) is 70.4 Å². The minimum Gasteiger partial charge on any atom is -0.508 e. The molecule has 3 aliphatic heterocycles. The van der Waals surface area contributed by atoms with Crippen molar-refractivity contribution in [2.75, 3.05) is 26.2 Å². The molecule has 1 atom stereocenters. The molecular formula is C32H41N2O3+. The minimum absolute atomic E-state index is 0.0346. The summed E-state index contributed by atoms with van der Waals surface area (Å²) in [4.78, 5) is 4.83. The lowest BCUT2D eigenvalue weighted by atomic mass is 9.71. The molecule has 0 radical (unpaired) electrons. The van der Waals surface area contributed by atoms with E-state index in [1.54, 1.807) is 6.07 Å². The molecule has 5 heteroatoms. The number of piperidine rings is 3. The molecule has 1 aromatic heterocycles. The molecule has 1 N–H and O–H groups in total. The normalized spacial score (nSPS) is 26.8. The van der Waals surface area contributed by atoms with E-state index >= 15 is 0 Å². The van der Waals surface area contributed by atoms with Gasteiger partial charge >= 0.3 is 0 Å². The smallest absolute Gasteiger partial charge is 0.202 e. The van der Waals surface area contributed by atoms with E-state index in [2.05, 4.69) is 36.4 Å². The van der Waals surface area contributed by atoms with Gasteiger partial charge in [-0.2, -0.15) is 0 Å². The van der Waals surface area contributed by atoms with Gasteiger partial charge in [0.2, 0.25) is 5.89 Å². The van der Waals surface area contributed by atoms with Crippen molar-refractivity contribution in [3.05, 3.63) is 83.6 Å². The first kappa shape index (κ1) is 24.7. The molecule has 4 fully saturated rings. The molecule has 4 aliphatic rings. The number of aromatic hydroxyl groups is 1. The van der Waals surface area contributed by atoms with Gasteiger partial charge in [0.05, 0.1) is 45.0 Å². The van der Waals surface area contributed by atoms with Gasteiger partial charge in [0.1, 0.15) is 12.3 Å². The van der Waals surface area contributed by atoms with Crippen LogP contribution >= 0.6 is 0 Å². The Kier molecular flexibility index (Phi) is 7.09. The number of hydrogen-bond donors (Lipinski definition) is 1. The second-order valence-corrected chi connectivity index (χ2v) is 12.0. The van der Waals surface area contributed by atoms with Gasteiger partial charge in [0, 0.05) is 30.2 Å². The molecule has 196 valence electrons. The van der Waals surface area contributed by atoms with Crippen molar-refractivity contribution in [1.82, 2.24) is 4.98 Å². The standard InChI is InChI=1S/C32H40N2O3/c35-29-14-8-7-13-28(29)30(26-11-5-2-6-12-26)31-33-21-27(37-31)22-34-18-15-32(16-19-34,17-20-34)24-36-23-25-9-3-1-4-10-25/h1,3-4,7-10,13-14,21,26,30H,2,5-6,11-12,15-20,22-24H2/p+1/t30-,32?,34?/m1/s1. The predicted molar refractivity (Wildman–Crippen MR) is 144 cm³/mol. The van der Waals surface area contributed by atoms with Crippen molar-refractivity contribution in [3.63, 3.8) is 0 Å². The van der Waals surface area contributed by atoms with E-state index in [1.165, 1.54) is 76.6 Å². The van der Waals surface area contributed by atoms with E-state index in [1.807, 2.05) is 18.3 Å². The summed E-state index contributed by atoms with van der Waals surface area (Å²) in [7, 11) is 0. The lowest BCUT2D eigenvalue weighted by Gasteiger charge is -2.54. The highest BCUT2D eigenvalue weighted by Crippen LogP contribution is 2.46. The molecule has 7 rings (SSSR count). The van der Waals surface area contributed by atoms with Crippen LogP contribution in [0.5, 0.6) is 5.75 Å². The topological polar surface area (TPSA) is 55.5 Å². The van der Waals surface area contributed by atoms with Gasteiger partial charge in [-0.25, -0.2) is 4.98 Å². The Labute approximate surface area is 221 Å². The van der Waals surface area contributed by atoms with Crippen LogP contribution in [0.3, 0.4) is 0 Å². The third-order valence-electron chi connectivity index (χ3n) is 9.59. The van der Waals surface area contributed by atoms with Gasteiger partial charge in [-0.3, -0.25) is 0 Å². The Balaban J connectivity index is 1.11. The summed E-state index contributed by atoms with van der Waals surface area (Å²) in [5.74, 6) is 2.66. The third-order valence-corrected chi connectivity index (χ3v) is 9.59. The molecule has 1 saturated carbocycles. The molecule has 5 nitrogen and oxygen atoms in total. The van der Waals surface area contributed by atoms with Gasteiger partial charge in [0.25, 0.3) is 0 Å². The van der Waals surface area contributed by atoms with Gasteiger partial charge < -0.3 is 18.7 Å². The monoisotopic (exact) mass is 501 g/mol. The molecule has 2 aromatic carbocycles. The van der Waals surface area contributed by atoms with Crippen LogP contribution in [0.1, 0.15) is 80.1 Å². The summed E-state index contributed by atoms with van der Waals surface area (Å²) >= 11 is 0. The molecule has 0 amide bonds. The first-order valence-corrected chi connectivity index (χ1v) is 14.3. The Morgan fingerprint density at radius 2 is 1.65 bits per heavy atom. The van der Waals surface area contributed by atoms with E-state index in [0.29, 0.717) is 23.7 Å². The van der Waals surface area contributed by atoms with E-state index in [0.717, 1.165) is 34.8 Å². The lowest BCUT2D eigenvalue weighted by Crippen LogP contribution is -2.62. The van der Waals surface area contributed by atoms with Crippen molar-refractivity contribution < 1.29 is 18.7 Å². The number of aromatic nitrogens is 1. The highest BCUT2D eigenvalue weighted by molar-refractivity contribution is 5.38. The molecule has 3 saturated heterocycles. The maximum Gasteiger partial charge on any atom is 0.202 e. The number of phenolic OH excluding ortho intramolecular Hbond substituents is 1. The molecule has 1 aliphatic carbocycles. The summed E-state index contributed by atoms with van der Waals surface area (Å²) in [5, 5.41) is 10.7. The number of quaternary nitrogens is 1.